The molecule has 4 aromatic heterocycles. The minimum Gasteiger partial charge on any atom is -0.423 e. The lowest BCUT2D eigenvalue weighted by Gasteiger charge is -2.11. The van der Waals surface area contributed by atoms with Crippen molar-refractivity contribution in [1.82, 2.24) is 19.9 Å². The van der Waals surface area contributed by atoms with Crippen LogP contribution < -0.4 is 9.47 Å². The number of carbonyl (C=O) groups is 2. The first kappa shape index (κ1) is 38.1. The van der Waals surface area contributed by atoms with Crippen LogP contribution in [0.1, 0.15) is 20.7 Å². The number of rotatable bonds is 8. The first-order valence-corrected chi connectivity index (χ1v) is 20.8. The van der Waals surface area contributed by atoms with E-state index >= 15 is 0 Å². The molecule has 4 heterocycles. The van der Waals surface area contributed by atoms with Gasteiger partial charge >= 0.3 is 11.9 Å². The molecule has 8 heteroatoms. The van der Waals surface area contributed by atoms with E-state index < -0.39 is 11.9 Å². The fourth-order valence-corrected chi connectivity index (χ4v) is 7.94. The van der Waals surface area contributed by atoms with Gasteiger partial charge in [0.1, 0.15) is 11.5 Å². The molecule has 0 aliphatic heterocycles. The number of esters is 2. The number of hydrogen-bond donors (Lipinski definition) is 0. The van der Waals surface area contributed by atoms with Gasteiger partial charge in [0.25, 0.3) is 0 Å². The monoisotopic (exact) mass is 826 g/mol. The van der Waals surface area contributed by atoms with Crippen molar-refractivity contribution in [2.24, 2.45) is 0 Å². The van der Waals surface area contributed by atoms with Gasteiger partial charge in [-0.3, -0.25) is 0 Å². The number of carbonyl (C=O) groups excluding carboxylic acids is 2. The molecule has 0 amide bonds. The van der Waals surface area contributed by atoms with Crippen LogP contribution in [0.15, 0.2) is 206 Å². The highest BCUT2D eigenvalue weighted by molar-refractivity contribution is 6.06. The Kier molecular flexibility index (Phi) is 9.63. The van der Waals surface area contributed by atoms with Crippen LogP contribution in [0.2, 0.25) is 0 Å². The highest BCUT2D eigenvalue weighted by Crippen LogP contribution is 2.33. The zero-order chi connectivity index (χ0) is 43.0. The van der Waals surface area contributed by atoms with Crippen LogP contribution in [0.5, 0.6) is 11.5 Å². The summed E-state index contributed by atoms with van der Waals surface area (Å²) in [6.07, 6.45) is 0. The average molecular weight is 827 g/mol. The minimum absolute atomic E-state index is 0.433. The van der Waals surface area contributed by atoms with Crippen LogP contribution in [0.4, 0.5) is 0 Å². The number of fused-ring (bicyclic) bond motifs is 6. The molecule has 0 saturated carbocycles. The van der Waals surface area contributed by atoms with Gasteiger partial charge in [-0.1, -0.05) is 127 Å². The number of pyridine rings is 4. The lowest BCUT2D eigenvalue weighted by Crippen LogP contribution is -2.08. The second-order valence-corrected chi connectivity index (χ2v) is 15.4. The Bertz CT molecular complexity index is 3380. The SMILES string of the molecule is O=C(Oc1ccccc1)c1cccc(-c2ccc3ccc4ccc(-c5cccc(-c6ccc7ccc8ccc(-c9cccc(C(=O)Oc%10ccccc%10)c9)nc8c7n6)c5)nc4c3n2)c1. The van der Waals surface area contributed by atoms with E-state index in [0.717, 1.165) is 88.6 Å². The van der Waals surface area contributed by atoms with E-state index in [1.54, 1.807) is 48.5 Å². The van der Waals surface area contributed by atoms with Crippen molar-refractivity contribution in [2.75, 3.05) is 0 Å². The lowest BCUT2D eigenvalue weighted by molar-refractivity contribution is 0.0725. The Balaban J connectivity index is 0.914. The summed E-state index contributed by atoms with van der Waals surface area (Å²) >= 11 is 0. The van der Waals surface area contributed by atoms with E-state index in [4.69, 9.17) is 29.4 Å². The predicted molar refractivity (Wildman–Crippen MR) is 252 cm³/mol. The first-order valence-electron chi connectivity index (χ1n) is 20.8. The third-order valence-electron chi connectivity index (χ3n) is 11.2. The number of aromatic nitrogens is 4. The van der Waals surface area contributed by atoms with Crippen LogP contribution >= 0.6 is 0 Å². The molecule has 0 fully saturated rings. The highest BCUT2D eigenvalue weighted by Gasteiger charge is 2.15. The van der Waals surface area contributed by atoms with Crippen molar-refractivity contribution < 1.29 is 19.1 Å². The van der Waals surface area contributed by atoms with Gasteiger partial charge in [-0.25, -0.2) is 29.5 Å². The molecule has 302 valence electrons. The smallest absolute Gasteiger partial charge is 0.343 e. The molecule has 7 aromatic carbocycles. The van der Waals surface area contributed by atoms with Crippen molar-refractivity contribution in [1.29, 1.82) is 0 Å². The molecular formula is C56H34N4O4. The summed E-state index contributed by atoms with van der Waals surface area (Å²) in [6, 6.07) is 65.4. The Morgan fingerprint density at radius 1 is 0.297 bits per heavy atom. The van der Waals surface area contributed by atoms with Crippen molar-refractivity contribution in [2.45, 2.75) is 0 Å². The van der Waals surface area contributed by atoms with Gasteiger partial charge in [-0.15, -0.1) is 0 Å². The second kappa shape index (κ2) is 16.2. The summed E-state index contributed by atoms with van der Waals surface area (Å²) < 4.78 is 11.2. The molecule has 0 saturated heterocycles. The fourth-order valence-electron chi connectivity index (χ4n) is 7.94. The molecule has 8 nitrogen and oxygen atoms in total. The highest BCUT2D eigenvalue weighted by atomic mass is 16.5. The average Bonchev–Trinajstić information content (AvgIpc) is 3.36. The zero-order valence-corrected chi connectivity index (χ0v) is 34.1. The predicted octanol–water partition coefficient (Wildman–Crippen LogP) is 13.0. The maximum atomic E-state index is 13.0. The summed E-state index contributed by atoms with van der Waals surface area (Å²) in [4.78, 5) is 46.7. The molecule has 0 aliphatic carbocycles. The van der Waals surface area contributed by atoms with Gasteiger partial charge in [0.15, 0.2) is 0 Å². The van der Waals surface area contributed by atoms with E-state index in [1.807, 2.05) is 103 Å². The van der Waals surface area contributed by atoms with E-state index in [9.17, 15) is 9.59 Å². The third-order valence-corrected chi connectivity index (χ3v) is 11.2. The fraction of sp³-hybridized carbons (Fsp3) is 0. The largest absolute Gasteiger partial charge is 0.423 e. The van der Waals surface area contributed by atoms with Gasteiger partial charge in [0.2, 0.25) is 0 Å². The molecular weight excluding hydrogens is 793 g/mol. The van der Waals surface area contributed by atoms with Crippen LogP contribution in [-0.4, -0.2) is 31.9 Å². The quantitative estimate of drug-likeness (QED) is 0.0847. The van der Waals surface area contributed by atoms with Crippen molar-refractivity contribution >= 4 is 55.6 Å². The van der Waals surface area contributed by atoms with Gasteiger partial charge in [0.05, 0.1) is 56.0 Å². The second-order valence-electron chi connectivity index (χ2n) is 15.4. The number of hydrogen-bond acceptors (Lipinski definition) is 8. The molecule has 0 bridgehead atoms. The van der Waals surface area contributed by atoms with E-state index in [2.05, 4.69) is 54.6 Å². The number of para-hydroxylation sites is 2. The van der Waals surface area contributed by atoms with Gasteiger partial charge in [-0.05, 0) is 78.9 Å². The summed E-state index contributed by atoms with van der Waals surface area (Å²) in [7, 11) is 0. The molecule has 0 spiro atoms. The Hall–Kier alpha value is -8.88. The molecule has 11 rings (SSSR count). The van der Waals surface area contributed by atoms with Crippen LogP contribution in [0, 0.1) is 0 Å². The Morgan fingerprint density at radius 2 is 0.594 bits per heavy atom. The molecule has 0 atom stereocenters. The van der Waals surface area contributed by atoms with Gasteiger partial charge in [-0.2, -0.15) is 0 Å². The molecule has 0 aliphatic rings. The maximum Gasteiger partial charge on any atom is 0.343 e. The third kappa shape index (κ3) is 7.46. The summed E-state index contributed by atoms with van der Waals surface area (Å²) in [5, 5.41) is 3.84. The molecule has 64 heavy (non-hydrogen) atoms. The van der Waals surface area contributed by atoms with Gasteiger partial charge in [0, 0.05) is 43.8 Å². The van der Waals surface area contributed by atoms with E-state index in [1.165, 1.54) is 0 Å². The van der Waals surface area contributed by atoms with Gasteiger partial charge < -0.3 is 9.47 Å². The number of ether oxygens (including phenoxy) is 2. The normalized spacial score (nSPS) is 11.2. The first-order chi connectivity index (χ1) is 31.5. The molecule has 0 unspecified atom stereocenters. The number of nitrogens with zero attached hydrogens (tertiary/aromatic N) is 4. The number of benzene rings is 7. The molecule has 0 N–H and O–H groups in total. The van der Waals surface area contributed by atoms with Crippen molar-refractivity contribution in [3.63, 3.8) is 0 Å². The van der Waals surface area contributed by atoms with E-state index in [0.29, 0.717) is 22.6 Å². The summed E-state index contributed by atoms with van der Waals surface area (Å²) in [5.41, 5.74) is 10.4. The standard InChI is InChI=1S/C56H34N4O4/c61-55(63-45-16-3-1-4-17-45)43-14-8-12-41(33-43)49-30-26-37-22-20-35-24-28-47(57-51(35)53(37)59-49)39-10-7-11-40(32-39)48-29-25-36-21-23-38-27-31-50(60-54(38)52(36)58-48)42-13-9-15-44(34-42)56(62)64-46-18-5-2-6-19-46/h1-34H. The minimum atomic E-state index is -0.436. The van der Waals surface area contributed by atoms with Crippen LogP contribution in [0.3, 0.4) is 0 Å². The molecule has 0 radical (unpaired) electrons. The van der Waals surface area contributed by atoms with E-state index in [-0.39, 0.29) is 0 Å². The topological polar surface area (TPSA) is 104 Å². The van der Waals surface area contributed by atoms with Crippen LogP contribution in [0.25, 0.3) is 88.6 Å². The van der Waals surface area contributed by atoms with Crippen molar-refractivity contribution in [3.05, 3.63) is 217 Å². The summed E-state index contributed by atoms with van der Waals surface area (Å²) in [5.74, 6) is 0.0989. The summed E-state index contributed by atoms with van der Waals surface area (Å²) in [6.45, 7) is 0. The van der Waals surface area contributed by atoms with Crippen molar-refractivity contribution in [3.8, 4) is 56.5 Å². The Morgan fingerprint density at radius 3 is 0.938 bits per heavy atom. The molecule has 11 aromatic rings. The van der Waals surface area contributed by atoms with Crippen LogP contribution in [-0.2, 0) is 0 Å². The maximum absolute atomic E-state index is 13.0. The zero-order valence-electron chi connectivity index (χ0n) is 34.1. The Labute approximate surface area is 367 Å². The lowest BCUT2D eigenvalue weighted by atomic mass is 10.0.